The number of nitrogens with one attached hydrogen (secondary N) is 1. The molecule has 2 aliphatic rings. The fourth-order valence-electron chi connectivity index (χ4n) is 4.30. The Hall–Kier alpha value is -1.40. The summed E-state index contributed by atoms with van der Waals surface area (Å²) in [6.07, 6.45) is 5.26. The van der Waals surface area contributed by atoms with Crippen molar-refractivity contribution in [1.29, 1.82) is 0 Å². The third kappa shape index (κ3) is 3.90. The predicted molar refractivity (Wildman–Crippen MR) is 95.1 cm³/mol. The Balaban J connectivity index is 1.54. The molecule has 0 unspecified atom stereocenters. The van der Waals surface area contributed by atoms with Gasteiger partial charge in [0.25, 0.3) is 0 Å². The molecule has 1 aliphatic carbocycles. The highest BCUT2D eigenvalue weighted by molar-refractivity contribution is 5.76. The number of nitrogens with zero attached hydrogens (tertiary/aromatic N) is 2. The van der Waals surface area contributed by atoms with Crippen molar-refractivity contribution >= 4 is 5.91 Å². The van der Waals surface area contributed by atoms with Gasteiger partial charge in [0.05, 0.1) is 24.9 Å². The minimum Gasteiger partial charge on any atom is -0.349 e. The van der Waals surface area contributed by atoms with Crippen LogP contribution in [-0.4, -0.2) is 34.7 Å². The molecule has 140 valence electrons. The first-order valence-corrected chi connectivity index (χ1v) is 9.51. The van der Waals surface area contributed by atoms with Crippen LogP contribution in [0.5, 0.6) is 0 Å². The van der Waals surface area contributed by atoms with Crippen molar-refractivity contribution in [3.8, 4) is 0 Å². The van der Waals surface area contributed by atoms with Crippen molar-refractivity contribution in [2.45, 2.75) is 71.1 Å². The van der Waals surface area contributed by atoms with Crippen LogP contribution in [0.2, 0.25) is 0 Å². The number of aromatic nitrogens is 2. The Labute approximate surface area is 150 Å². The van der Waals surface area contributed by atoms with Crippen molar-refractivity contribution in [1.82, 2.24) is 15.1 Å². The normalized spacial score (nSPS) is 21.6. The fraction of sp³-hybridized carbons (Fsp3) is 0.789. The number of carbonyl (C=O) groups is 1. The smallest absolute Gasteiger partial charge is 0.220 e. The zero-order chi connectivity index (χ0) is 18.0. The summed E-state index contributed by atoms with van der Waals surface area (Å²) >= 11 is 0. The SMILES string of the molecule is CC[C@H](NC(=O)CC1CCC2(CC1)OCCO2)c1c(C)nn(C)c1C. The average Bonchev–Trinajstić information content (AvgIpc) is 3.13. The molecular formula is C19H31N3O3. The second-order valence-corrected chi connectivity index (χ2v) is 7.49. The van der Waals surface area contributed by atoms with Gasteiger partial charge in [-0.2, -0.15) is 5.10 Å². The minimum absolute atomic E-state index is 0.0395. The maximum absolute atomic E-state index is 12.6. The molecule has 1 aromatic heterocycles. The van der Waals surface area contributed by atoms with Crippen molar-refractivity contribution < 1.29 is 14.3 Å². The van der Waals surface area contributed by atoms with Gasteiger partial charge in [-0.3, -0.25) is 9.48 Å². The molecule has 1 spiro atoms. The van der Waals surface area contributed by atoms with E-state index < -0.39 is 0 Å². The molecule has 1 aliphatic heterocycles. The molecule has 0 radical (unpaired) electrons. The Bertz CT molecular complexity index is 610. The van der Waals surface area contributed by atoms with Crippen LogP contribution < -0.4 is 5.32 Å². The lowest BCUT2D eigenvalue weighted by Crippen LogP contribution is -2.37. The molecule has 0 bridgehead atoms. The van der Waals surface area contributed by atoms with E-state index in [1.165, 1.54) is 0 Å². The van der Waals surface area contributed by atoms with E-state index in [2.05, 4.69) is 24.3 Å². The first-order valence-electron chi connectivity index (χ1n) is 9.51. The topological polar surface area (TPSA) is 65.4 Å². The molecule has 1 saturated heterocycles. The van der Waals surface area contributed by atoms with Gasteiger partial charge < -0.3 is 14.8 Å². The zero-order valence-corrected chi connectivity index (χ0v) is 15.9. The molecule has 25 heavy (non-hydrogen) atoms. The molecule has 6 nitrogen and oxygen atoms in total. The van der Waals surface area contributed by atoms with Gasteiger partial charge in [0.2, 0.25) is 5.91 Å². The van der Waals surface area contributed by atoms with E-state index in [1.807, 2.05) is 18.7 Å². The molecule has 2 fully saturated rings. The molecule has 0 aromatic carbocycles. The van der Waals surface area contributed by atoms with Crippen LogP contribution in [0.4, 0.5) is 0 Å². The van der Waals surface area contributed by atoms with Gasteiger partial charge in [-0.1, -0.05) is 6.92 Å². The highest BCUT2D eigenvalue weighted by atomic mass is 16.7. The third-order valence-electron chi connectivity index (χ3n) is 5.81. The molecule has 1 saturated carbocycles. The first-order chi connectivity index (χ1) is 11.9. The van der Waals surface area contributed by atoms with Crippen LogP contribution in [0.25, 0.3) is 0 Å². The largest absolute Gasteiger partial charge is 0.349 e. The van der Waals surface area contributed by atoms with E-state index in [4.69, 9.17) is 9.47 Å². The van der Waals surface area contributed by atoms with Crippen LogP contribution >= 0.6 is 0 Å². The van der Waals surface area contributed by atoms with E-state index in [-0.39, 0.29) is 17.7 Å². The number of rotatable bonds is 5. The lowest BCUT2D eigenvalue weighted by molar-refractivity contribution is -0.183. The Morgan fingerprint density at radius 1 is 1.32 bits per heavy atom. The first kappa shape index (κ1) is 18.4. The van der Waals surface area contributed by atoms with E-state index in [9.17, 15) is 4.79 Å². The number of ether oxygens (including phenoxy) is 2. The summed E-state index contributed by atoms with van der Waals surface area (Å²) in [6, 6.07) is 0.0395. The van der Waals surface area contributed by atoms with E-state index in [0.717, 1.165) is 49.1 Å². The average molecular weight is 349 g/mol. The quantitative estimate of drug-likeness (QED) is 0.888. The predicted octanol–water partition coefficient (Wildman–Crippen LogP) is 2.93. The van der Waals surface area contributed by atoms with Gasteiger partial charge in [0.1, 0.15) is 0 Å². The lowest BCUT2D eigenvalue weighted by atomic mass is 9.83. The number of hydrogen-bond donors (Lipinski definition) is 1. The zero-order valence-electron chi connectivity index (χ0n) is 15.9. The second-order valence-electron chi connectivity index (χ2n) is 7.49. The molecule has 3 rings (SSSR count). The summed E-state index contributed by atoms with van der Waals surface area (Å²) in [7, 11) is 1.95. The minimum atomic E-state index is -0.344. The highest BCUT2D eigenvalue weighted by Gasteiger charge is 2.40. The van der Waals surface area contributed by atoms with Crippen molar-refractivity contribution in [3.63, 3.8) is 0 Å². The molecular weight excluding hydrogens is 318 g/mol. The van der Waals surface area contributed by atoms with E-state index in [1.54, 1.807) is 0 Å². The maximum Gasteiger partial charge on any atom is 0.220 e. The van der Waals surface area contributed by atoms with Gasteiger partial charge in [0.15, 0.2) is 5.79 Å². The number of carbonyl (C=O) groups excluding carboxylic acids is 1. The molecule has 6 heteroatoms. The molecule has 1 aromatic rings. The Morgan fingerprint density at radius 2 is 1.96 bits per heavy atom. The van der Waals surface area contributed by atoms with E-state index >= 15 is 0 Å². The second kappa shape index (κ2) is 7.46. The summed E-state index contributed by atoms with van der Waals surface area (Å²) in [4.78, 5) is 12.6. The van der Waals surface area contributed by atoms with E-state index in [0.29, 0.717) is 25.6 Å². The summed E-state index contributed by atoms with van der Waals surface area (Å²) in [6.45, 7) is 7.59. The van der Waals surface area contributed by atoms with Gasteiger partial charge in [0, 0.05) is 37.6 Å². The highest BCUT2D eigenvalue weighted by Crippen LogP contribution is 2.39. The van der Waals surface area contributed by atoms with Gasteiger partial charge in [-0.25, -0.2) is 0 Å². The fourth-order valence-corrected chi connectivity index (χ4v) is 4.30. The summed E-state index contributed by atoms with van der Waals surface area (Å²) in [5.74, 6) is 0.221. The van der Waals surface area contributed by atoms with Gasteiger partial charge >= 0.3 is 0 Å². The van der Waals surface area contributed by atoms with Crippen molar-refractivity contribution in [3.05, 3.63) is 17.0 Å². The van der Waals surface area contributed by atoms with Crippen molar-refractivity contribution in [2.24, 2.45) is 13.0 Å². The number of amides is 1. The van der Waals surface area contributed by atoms with Crippen molar-refractivity contribution in [2.75, 3.05) is 13.2 Å². The molecule has 2 heterocycles. The maximum atomic E-state index is 12.6. The standard InChI is InChI=1S/C19H31N3O3/c1-5-16(18-13(2)21-22(4)14(18)3)20-17(23)12-15-6-8-19(9-7-15)24-10-11-25-19/h15-16H,5-12H2,1-4H3,(H,20,23)/t16-/m0/s1. The molecule has 1 amide bonds. The summed E-state index contributed by atoms with van der Waals surface area (Å²) < 4.78 is 13.4. The molecule has 1 atom stereocenters. The van der Waals surface area contributed by atoms with Crippen LogP contribution in [0.1, 0.15) is 68.4 Å². The molecule has 1 N–H and O–H groups in total. The Morgan fingerprint density at radius 3 is 2.48 bits per heavy atom. The number of aryl methyl sites for hydroxylation is 2. The lowest BCUT2D eigenvalue weighted by Gasteiger charge is -2.35. The third-order valence-corrected chi connectivity index (χ3v) is 5.81. The van der Waals surface area contributed by atoms with Gasteiger partial charge in [-0.15, -0.1) is 0 Å². The Kier molecular flexibility index (Phi) is 5.49. The van der Waals surface area contributed by atoms with Crippen LogP contribution in [-0.2, 0) is 21.3 Å². The summed E-state index contributed by atoms with van der Waals surface area (Å²) in [5.41, 5.74) is 3.29. The van der Waals surface area contributed by atoms with Gasteiger partial charge in [-0.05, 0) is 39.0 Å². The monoisotopic (exact) mass is 349 g/mol. The van der Waals surface area contributed by atoms with Crippen LogP contribution in [0, 0.1) is 19.8 Å². The number of hydrogen-bond acceptors (Lipinski definition) is 4. The van der Waals surface area contributed by atoms with Crippen LogP contribution in [0.15, 0.2) is 0 Å². The van der Waals surface area contributed by atoms with Crippen LogP contribution in [0.3, 0.4) is 0 Å². The summed E-state index contributed by atoms with van der Waals surface area (Å²) in [5, 5.41) is 7.71.